The van der Waals surface area contributed by atoms with E-state index in [-0.39, 0.29) is 11.9 Å². The molecular formula is C11H15BrN2O. The molecule has 15 heavy (non-hydrogen) atoms. The molecule has 0 bridgehead atoms. The summed E-state index contributed by atoms with van der Waals surface area (Å²) in [5, 5.41) is 2.84. The van der Waals surface area contributed by atoms with E-state index in [2.05, 4.69) is 21.2 Å². The van der Waals surface area contributed by atoms with Crippen LogP contribution in [0.15, 0.2) is 28.7 Å². The Morgan fingerprint density at radius 3 is 2.67 bits per heavy atom. The molecule has 4 heteroatoms. The monoisotopic (exact) mass is 270 g/mol. The lowest BCUT2D eigenvalue weighted by atomic mass is 10.1. The van der Waals surface area contributed by atoms with Crippen LogP contribution >= 0.6 is 15.9 Å². The Bertz CT molecular complexity index is 352. The Morgan fingerprint density at radius 2 is 2.13 bits per heavy atom. The van der Waals surface area contributed by atoms with E-state index in [9.17, 15) is 4.79 Å². The number of rotatable bonds is 3. The average Bonchev–Trinajstić information content (AvgIpc) is 2.17. The maximum absolute atomic E-state index is 11.4. The van der Waals surface area contributed by atoms with Gasteiger partial charge in [-0.3, -0.25) is 4.79 Å². The van der Waals surface area contributed by atoms with Gasteiger partial charge in [-0.05, 0) is 31.5 Å². The minimum Gasteiger partial charge on any atom is -0.348 e. The first kappa shape index (κ1) is 12.2. The van der Waals surface area contributed by atoms with Crippen molar-refractivity contribution in [1.29, 1.82) is 0 Å². The SMILES string of the molecule is CC(NC(=O)[C@@H](C)N)c1cccc(Br)c1. The molecule has 3 nitrogen and oxygen atoms in total. The van der Waals surface area contributed by atoms with Crippen molar-refractivity contribution in [3.63, 3.8) is 0 Å². The van der Waals surface area contributed by atoms with Crippen molar-refractivity contribution in [3.8, 4) is 0 Å². The molecule has 1 rings (SSSR count). The third kappa shape index (κ3) is 3.64. The van der Waals surface area contributed by atoms with E-state index >= 15 is 0 Å². The van der Waals surface area contributed by atoms with Gasteiger partial charge in [0, 0.05) is 4.47 Å². The van der Waals surface area contributed by atoms with Gasteiger partial charge in [0.15, 0.2) is 0 Å². The van der Waals surface area contributed by atoms with Crippen LogP contribution in [0.4, 0.5) is 0 Å². The first-order valence-corrected chi connectivity index (χ1v) is 5.61. The molecule has 1 aromatic carbocycles. The second kappa shape index (κ2) is 5.28. The number of carbonyl (C=O) groups is 1. The van der Waals surface area contributed by atoms with Gasteiger partial charge in [-0.1, -0.05) is 28.1 Å². The van der Waals surface area contributed by atoms with Crippen LogP contribution in [-0.2, 0) is 4.79 Å². The Kier molecular flexibility index (Phi) is 4.29. The van der Waals surface area contributed by atoms with Crippen molar-refractivity contribution >= 4 is 21.8 Å². The summed E-state index contributed by atoms with van der Waals surface area (Å²) in [6, 6.07) is 7.33. The predicted octanol–water partition coefficient (Wildman–Crippen LogP) is 1.97. The molecule has 0 saturated heterocycles. The minimum absolute atomic E-state index is 0.0269. The Balaban J connectivity index is 2.69. The molecule has 82 valence electrons. The summed E-state index contributed by atoms with van der Waals surface area (Å²) in [6.45, 7) is 3.60. The first-order chi connectivity index (χ1) is 7.00. The molecule has 1 aromatic rings. The van der Waals surface area contributed by atoms with E-state index in [1.165, 1.54) is 0 Å². The third-order valence-electron chi connectivity index (χ3n) is 2.12. The summed E-state index contributed by atoms with van der Waals surface area (Å²) in [5.74, 6) is -0.137. The molecule has 0 aliphatic rings. The van der Waals surface area contributed by atoms with Gasteiger partial charge in [-0.2, -0.15) is 0 Å². The van der Waals surface area contributed by atoms with E-state index in [0.29, 0.717) is 0 Å². The fraction of sp³-hybridized carbons (Fsp3) is 0.364. The quantitative estimate of drug-likeness (QED) is 0.883. The molecule has 0 heterocycles. The largest absolute Gasteiger partial charge is 0.348 e. The summed E-state index contributed by atoms with van der Waals surface area (Å²) < 4.78 is 1.00. The van der Waals surface area contributed by atoms with Crippen LogP contribution in [0.5, 0.6) is 0 Å². The summed E-state index contributed by atoms with van der Waals surface area (Å²) in [6.07, 6.45) is 0. The molecular weight excluding hydrogens is 256 g/mol. The van der Waals surface area contributed by atoms with Gasteiger partial charge >= 0.3 is 0 Å². The van der Waals surface area contributed by atoms with Gasteiger partial charge in [0.25, 0.3) is 0 Å². The minimum atomic E-state index is -0.473. The van der Waals surface area contributed by atoms with Crippen molar-refractivity contribution in [3.05, 3.63) is 34.3 Å². The van der Waals surface area contributed by atoms with Crippen LogP contribution in [0.25, 0.3) is 0 Å². The summed E-state index contributed by atoms with van der Waals surface area (Å²) >= 11 is 3.39. The van der Waals surface area contributed by atoms with Crippen LogP contribution < -0.4 is 11.1 Å². The topological polar surface area (TPSA) is 55.1 Å². The molecule has 0 aromatic heterocycles. The normalized spacial score (nSPS) is 14.4. The highest BCUT2D eigenvalue weighted by Gasteiger charge is 2.12. The number of carbonyl (C=O) groups excluding carboxylic acids is 1. The van der Waals surface area contributed by atoms with Crippen molar-refractivity contribution < 1.29 is 4.79 Å². The Labute approximate surface area is 98.2 Å². The molecule has 0 saturated carbocycles. The zero-order chi connectivity index (χ0) is 11.4. The lowest BCUT2D eigenvalue weighted by Crippen LogP contribution is -2.39. The number of halogens is 1. The van der Waals surface area contributed by atoms with E-state index in [0.717, 1.165) is 10.0 Å². The standard InChI is InChI=1S/C11H15BrN2O/c1-7(13)11(15)14-8(2)9-4-3-5-10(12)6-9/h3-8H,13H2,1-2H3,(H,14,15)/t7-,8?/m1/s1. The maximum Gasteiger partial charge on any atom is 0.237 e. The fourth-order valence-corrected chi connectivity index (χ4v) is 1.62. The van der Waals surface area contributed by atoms with Crippen LogP contribution in [0.3, 0.4) is 0 Å². The lowest BCUT2D eigenvalue weighted by Gasteiger charge is -2.16. The van der Waals surface area contributed by atoms with Crippen molar-refractivity contribution in [2.24, 2.45) is 5.73 Å². The van der Waals surface area contributed by atoms with Crippen LogP contribution in [0, 0.1) is 0 Å². The van der Waals surface area contributed by atoms with Gasteiger partial charge in [0.2, 0.25) is 5.91 Å². The summed E-state index contributed by atoms with van der Waals surface area (Å²) in [5.41, 5.74) is 6.52. The van der Waals surface area contributed by atoms with Gasteiger partial charge in [0.1, 0.15) is 0 Å². The first-order valence-electron chi connectivity index (χ1n) is 4.82. The van der Waals surface area contributed by atoms with Crippen LogP contribution in [-0.4, -0.2) is 11.9 Å². The summed E-state index contributed by atoms with van der Waals surface area (Å²) in [7, 11) is 0. The molecule has 0 spiro atoms. The number of nitrogens with two attached hydrogens (primary N) is 1. The Morgan fingerprint density at radius 1 is 1.47 bits per heavy atom. The molecule has 0 fully saturated rings. The zero-order valence-electron chi connectivity index (χ0n) is 8.83. The van der Waals surface area contributed by atoms with E-state index in [4.69, 9.17) is 5.73 Å². The smallest absolute Gasteiger partial charge is 0.237 e. The molecule has 2 atom stereocenters. The number of amides is 1. The molecule has 0 aliphatic carbocycles. The number of nitrogens with one attached hydrogen (secondary N) is 1. The number of hydrogen-bond acceptors (Lipinski definition) is 2. The van der Waals surface area contributed by atoms with Gasteiger partial charge in [-0.25, -0.2) is 0 Å². The highest BCUT2D eigenvalue weighted by molar-refractivity contribution is 9.10. The number of benzene rings is 1. The van der Waals surface area contributed by atoms with Crippen LogP contribution in [0.2, 0.25) is 0 Å². The molecule has 3 N–H and O–H groups in total. The molecule has 1 amide bonds. The predicted molar refractivity (Wildman–Crippen MR) is 64.3 cm³/mol. The highest BCUT2D eigenvalue weighted by Crippen LogP contribution is 2.17. The third-order valence-corrected chi connectivity index (χ3v) is 2.61. The highest BCUT2D eigenvalue weighted by atomic mass is 79.9. The van der Waals surface area contributed by atoms with Gasteiger partial charge in [0.05, 0.1) is 12.1 Å². The lowest BCUT2D eigenvalue weighted by molar-refractivity contribution is -0.122. The van der Waals surface area contributed by atoms with E-state index in [1.54, 1.807) is 6.92 Å². The van der Waals surface area contributed by atoms with Crippen LogP contribution in [0.1, 0.15) is 25.5 Å². The second-order valence-electron chi connectivity index (χ2n) is 3.57. The average molecular weight is 271 g/mol. The molecule has 1 unspecified atom stereocenters. The van der Waals surface area contributed by atoms with E-state index in [1.807, 2.05) is 31.2 Å². The maximum atomic E-state index is 11.4. The van der Waals surface area contributed by atoms with Crippen molar-refractivity contribution in [2.45, 2.75) is 25.9 Å². The zero-order valence-corrected chi connectivity index (χ0v) is 10.4. The molecule has 0 aliphatic heterocycles. The fourth-order valence-electron chi connectivity index (χ4n) is 1.20. The second-order valence-corrected chi connectivity index (χ2v) is 4.49. The van der Waals surface area contributed by atoms with Gasteiger partial charge in [-0.15, -0.1) is 0 Å². The summed E-state index contributed by atoms with van der Waals surface area (Å²) in [4.78, 5) is 11.4. The number of hydrogen-bond donors (Lipinski definition) is 2. The van der Waals surface area contributed by atoms with Crippen molar-refractivity contribution in [2.75, 3.05) is 0 Å². The van der Waals surface area contributed by atoms with Crippen molar-refractivity contribution in [1.82, 2.24) is 5.32 Å². The van der Waals surface area contributed by atoms with E-state index < -0.39 is 6.04 Å². The molecule has 0 radical (unpaired) electrons. The Hall–Kier alpha value is -0.870. The van der Waals surface area contributed by atoms with Gasteiger partial charge < -0.3 is 11.1 Å².